The molecule has 6 nitrogen and oxygen atoms in total. The molecule has 0 spiro atoms. The van der Waals surface area contributed by atoms with Gasteiger partial charge in [0.05, 0.1) is 27.7 Å². The third-order valence-electron chi connectivity index (χ3n) is 6.19. The van der Waals surface area contributed by atoms with Crippen LogP contribution in [0.25, 0.3) is 22.7 Å². The summed E-state index contributed by atoms with van der Waals surface area (Å²) in [5.74, 6) is 0.751. The number of halogens is 2. The average molecular weight is 528 g/mol. The van der Waals surface area contributed by atoms with Gasteiger partial charge < -0.3 is 9.26 Å². The third-order valence-corrected chi connectivity index (χ3v) is 7.94. The van der Waals surface area contributed by atoms with E-state index >= 15 is 0 Å². The number of benzene rings is 2. The van der Waals surface area contributed by atoms with E-state index in [1.165, 1.54) is 7.11 Å². The lowest BCUT2D eigenvalue weighted by molar-refractivity contribution is 0.0600. The maximum absolute atomic E-state index is 11.8. The minimum Gasteiger partial charge on any atom is -0.465 e. The Morgan fingerprint density at radius 3 is 2.71 bits per heavy atom. The van der Waals surface area contributed by atoms with Crippen molar-refractivity contribution in [1.82, 2.24) is 15.0 Å². The van der Waals surface area contributed by atoms with Gasteiger partial charge in [0, 0.05) is 29.5 Å². The second kappa shape index (κ2) is 10.5. The minimum atomic E-state index is -0.305. The second-order valence-electron chi connectivity index (χ2n) is 8.52. The van der Waals surface area contributed by atoms with Crippen LogP contribution in [0.4, 0.5) is 0 Å². The molecule has 0 bridgehead atoms. The van der Waals surface area contributed by atoms with E-state index < -0.39 is 0 Å². The van der Waals surface area contributed by atoms with Crippen molar-refractivity contribution in [3.8, 4) is 22.7 Å². The lowest BCUT2D eigenvalue weighted by atomic mass is 9.97. The van der Waals surface area contributed by atoms with Gasteiger partial charge in [-0.2, -0.15) is 0 Å². The Morgan fingerprint density at radius 2 is 1.94 bits per heavy atom. The summed E-state index contributed by atoms with van der Waals surface area (Å²) in [7, 11) is 1.40. The lowest BCUT2D eigenvalue weighted by Crippen LogP contribution is -2.32. The van der Waals surface area contributed by atoms with Crippen molar-refractivity contribution in [2.45, 2.75) is 25.3 Å². The van der Waals surface area contributed by atoms with E-state index in [-0.39, 0.29) is 5.97 Å². The Hall–Kier alpha value is -2.71. The zero-order chi connectivity index (χ0) is 24.4. The first-order valence-electron chi connectivity index (χ1n) is 11.3. The number of ether oxygens (including phenoxy) is 1. The van der Waals surface area contributed by atoms with Crippen LogP contribution in [0.1, 0.15) is 39.7 Å². The molecule has 180 valence electrons. The van der Waals surface area contributed by atoms with Gasteiger partial charge >= 0.3 is 5.97 Å². The van der Waals surface area contributed by atoms with Crippen LogP contribution in [0.15, 0.2) is 58.4 Å². The molecule has 35 heavy (non-hydrogen) atoms. The van der Waals surface area contributed by atoms with Crippen molar-refractivity contribution in [3.63, 3.8) is 0 Å². The fourth-order valence-corrected chi connectivity index (χ4v) is 5.56. The molecule has 1 aliphatic rings. The fourth-order valence-electron chi connectivity index (χ4n) is 4.29. The molecule has 0 atom stereocenters. The van der Waals surface area contributed by atoms with Crippen LogP contribution in [-0.2, 0) is 11.3 Å². The molecule has 0 unspecified atom stereocenters. The molecule has 1 aliphatic heterocycles. The van der Waals surface area contributed by atoms with Crippen LogP contribution in [0.2, 0.25) is 10.0 Å². The Balaban J connectivity index is 1.20. The van der Waals surface area contributed by atoms with Crippen molar-refractivity contribution in [2.24, 2.45) is 0 Å². The molecule has 5 rings (SSSR count). The number of likely N-dealkylation sites (tertiary alicyclic amines) is 1. The Kier molecular flexibility index (Phi) is 7.20. The number of carbonyl (C=O) groups is 1. The topological polar surface area (TPSA) is 68.5 Å². The summed E-state index contributed by atoms with van der Waals surface area (Å²) in [6, 6.07) is 14.9. The molecule has 0 saturated carbocycles. The highest BCUT2D eigenvalue weighted by atomic mass is 35.5. The third kappa shape index (κ3) is 5.43. The Morgan fingerprint density at radius 1 is 1.11 bits per heavy atom. The van der Waals surface area contributed by atoms with E-state index in [9.17, 15) is 4.79 Å². The standard InChI is InChI=1S/C26H23Cl2N3O3S/c1-33-26(32)19-4-2-3-16(11-19)14-31-9-7-17(8-10-31)25-29-23(15-35-25)24-13-22(30-34-24)18-5-6-20(27)21(28)12-18/h2-6,11-13,15,17H,7-10,14H2,1H3. The van der Waals surface area contributed by atoms with E-state index in [2.05, 4.69) is 16.1 Å². The number of esters is 1. The first kappa shape index (κ1) is 24.0. The predicted molar refractivity (Wildman–Crippen MR) is 138 cm³/mol. The van der Waals surface area contributed by atoms with Gasteiger partial charge in [-0.3, -0.25) is 4.90 Å². The van der Waals surface area contributed by atoms with Gasteiger partial charge in [0.15, 0.2) is 5.76 Å². The highest BCUT2D eigenvalue weighted by Gasteiger charge is 2.24. The first-order valence-corrected chi connectivity index (χ1v) is 12.9. The summed E-state index contributed by atoms with van der Waals surface area (Å²) < 4.78 is 10.4. The summed E-state index contributed by atoms with van der Waals surface area (Å²) >= 11 is 13.8. The fraction of sp³-hybridized carbons (Fsp3) is 0.269. The van der Waals surface area contributed by atoms with E-state index in [0.717, 1.165) is 54.3 Å². The van der Waals surface area contributed by atoms with Crippen molar-refractivity contribution in [2.75, 3.05) is 20.2 Å². The highest BCUT2D eigenvalue weighted by molar-refractivity contribution is 7.10. The van der Waals surface area contributed by atoms with Crippen LogP contribution in [-0.4, -0.2) is 41.2 Å². The molecule has 0 N–H and O–H groups in total. The predicted octanol–water partition coefficient (Wildman–Crippen LogP) is 6.94. The van der Waals surface area contributed by atoms with E-state index in [4.69, 9.17) is 37.4 Å². The molecule has 3 heterocycles. The van der Waals surface area contributed by atoms with Gasteiger partial charge in [-0.05, 0) is 55.8 Å². The van der Waals surface area contributed by atoms with Crippen molar-refractivity contribution < 1.29 is 14.1 Å². The monoisotopic (exact) mass is 527 g/mol. The van der Waals surface area contributed by atoms with E-state index in [1.807, 2.05) is 29.6 Å². The van der Waals surface area contributed by atoms with Crippen LogP contribution in [0.3, 0.4) is 0 Å². The van der Waals surface area contributed by atoms with Crippen LogP contribution in [0.5, 0.6) is 0 Å². The molecular formula is C26H23Cl2N3O3S. The van der Waals surface area contributed by atoms with Gasteiger partial charge in [0.1, 0.15) is 11.4 Å². The smallest absolute Gasteiger partial charge is 0.337 e. The number of nitrogens with zero attached hydrogens (tertiary/aromatic N) is 3. The molecule has 0 amide bonds. The number of hydrogen-bond donors (Lipinski definition) is 0. The van der Waals surface area contributed by atoms with Gasteiger partial charge in [-0.25, -0.2) is 9.78 Å². The van der Waals surface area contributed by atoms with Crippen LogP contribution in [0, 0.1) is 0 Å². The van der Waals surface area contributed by atoms with Crippen LogP contribution < -0.4 is 0 Å². The second-order valence-corrected chi connectivity index (χ2v) is 10.2. The average Bonchev–Trinajstić information content (AvgIpc) is 3.56. The summed E-state index contributed by atoms with van der Waals surface area (Å²) in [5.41, 5.74) is 4.04. The SMILES string of the molecule is COC(=O)c1cccc(CN2CCC(c3nc(-c4cc(-c5ccc(Cl)c(Cl)c5)no4)cs3)CC2)c1. The van der Waals surface area contributed by atoms with Gasteiger partial charge in [-0.15, -0.1) is 11.3 Å². The summed E-state index contributed by atoms with van der Waals surface area (Å²) in [5, 5.41) is 8.31. The number of hydrogen-bond acceptors (Lipinski definition) is 7. The molecule has 1 fully saturated rings. The first-order chi connectivity index (χ1) is 17.0. The molecule has 4 aromatic rings. The van der Waals surface area contributed by atoms with Crippen molar-refractivity contribution >= 4 is 40.5 Å². The molecule has 2 aromatic heterocycles. The summed E-state index contributed by atoms with van der Waals surface area (Å²) in [6.07, 6.45) is 2.07. The largest absolute Gasteiger partial charge is 0.465 e. The molecular weight excluding hydrogens is 505 g/mol. The maximum Gasteiger partial charge on any atom is 0.337 e. The number of thiazole rings is 1. The number of rotatable bonds is 6. The zero-order valence-corrected chi connectivity index (χ0v) is 21.4. The van der Waals surface area contributed by atoms with Gasteiger partial charge in [0.2, 0.25) is 0 Å². The number of aromatic nitrogens is 2. The highest BCUT2D eigenvalue weighted by Crippen LogP contribution is 2.35. The van der Waals surface area contributed by atoms with Gasteiger partial charge in [0.25, 0.3) is 0 Å². The van der Waals surface area contributed by atoms with Crippen molar-refractivity contribution in [1.29, 1.82) is 0 Å². The van der Waals surface area contributed by atoms with Crippen molar-refractivity contribution in [3.05, 3.63) is 80.1 Å². The summed E-state index contributed by atoms with van der Waals surface area (Å²) in [6.45, 7) is 2.77. The minimum absolute atomic E-state index is 0.305. The maximum atomic E-state index is 11.8. The quantitative estimate of drug-likeness (QED) is 0.253. The molecule has 0 aliphatic carbocycles. The van der Waals surface area contributed by atoms with E-state index in [0.29, 0.717) is 33.0 Å². The number of piperidine rings is 1. The molecule has 9 heteroatoms. The summed E-state index contributed by atoms with van der Waals surface area (Å²) in [4.78, 5) is 19.1. The molecule has 1 saturated heterocycles. The Labute approximate surface area is 217 Å². The normalized spacial score (nSPS) is 14.8. The van der Waals surface area contributed by atoms with Crippen LogP contribution >= 0.6 is 34.5 Å². The molecule has 0 radical (unpaired) electrons. The van der Waals surface area contributed by atoms with Gasteiger partial charge in [-0.1, -0.05) is 46.6 Å². The Bertz CT molecular complexity index is 1350. The van der Waals surface area contributed by atoms with E-state index in [1.54, 1.807) is 29.5 Å². The lowest BCUT2D eigenvalue weighted by Gasteiger charge is -2.31. The number of methoxy groups -OCH3 is 1. The molecule has 2 aromatic carbocycles. The zero-order valence-electron chi connectivity index (χ0n) is 19.0. The number of carbonyl (C=O) groups excluding carboxylic acids is 1.